The molecule has 9 heteroatoms. The molecular formula is C19H27N5O3S. The summed E-state index contributed by atoms with van der Waals surface area (Å²) in [7, 11) is 1.07. The summed E-state index contributed by atoms with van der Waals surface area (Å²) in [6.07, 6.45) is 3.31. The number of nitrogens with zero attached hydrogens (tertiary/aromatic N) is 4. The molecule has 0 aliphatic carbocycles. The molecule has 1 aliphatic rings. The highest BCUT2D eigenvalue weighted by molar-refractivity contribution is 7.89. The summed E-state index contributed by atoms with van der Waals surface area (Å²) in [6.45, 7) is 3.20. The van der Waals surface area contributed by atoms with Gasteiger partial charge in [0.2, 0.25) is 10.0 Å². The van der Waals surface area contributed by atoms with Gasteiger partial charge in [-0.3, -0.25) is 4.79 Å². The van der Waals surface area contributed by atoms with Gasteiger partial charge in [0.25, 0.3) is 5.91 Å². The highest BCUT2D eigenvalue weighted by atomic mass is 32.2. The van der Waals surface area contributed by atoms with Crippen LogP contribution in [0.5, 0.6) is 0 Å². The van der Waals surface area contributed by atoms with Crippen molar-refractivity contribution in [1.82, 2.24) is 18.8 Å². The van der Waals surface area contributed by atoms with Gasteiger partial charge in [-0.15, -0.1) is 0 Å². The summed E-state index contributed by atoms with van der Waals surface area (Å²) in [5.74, 6) is 0.640. The Balaban J connectivity index is 1.75. The molecule has 1 N–H and O–H groups in total. The Labute approximate surface area is 166 Å². The summed E-state index contributed by atoms with van der Waals surface area (Å²) in [4.78, 5) is 19.5. The fraction of sp³-hybridized carbons (Fsp3) is 0.474. The Morgan fingerprint density at radius 3 is 2.79 bits per heavy atom. The highest BCUT2D eigenvalue weighted by Crippen LogP contribution is 2.23. The molecule has 0 aromatic carbocycles. The van der Waals surface area contributed by atoms with Gasteiger partial charge < -0.3 is 14.8 Å². The van der Waals surface area contributed by atoms with Gasteiger partial charge in [0.15, 0.2) is 0 Å². The predicted molar refractivity (Wildman–Crippen MR) is 108 cm³/mol. The van der Waals surface area contributed by atoms with E-state index in [1.807, 2.05) is 30.0 Å². The molecule has 3 rings (SSSR count). The van der Waals surface area contributed by atoms with Gasteiger partial charge in [-0.25, -0.2) is 17.7 Å². The van der Waals surface area contributed by atoms with Crippen LogP contribution in [-0.2, 0) is 17.1 Å². The number of carbonyl (C=O) groups excluding carboxylic acids is 1. The van der Waals surface area contributed by atoms with Crippen LogP contribution in [0.3, 0.4) is 0 Å². The van der Waals surface area contributed by atoms with Crippen molar-refractivity contribution in [2.75, 3.05) is 32.5 Å². The van der Waals surface area contributed by atoms with Crippen molar-refractivity contribution in [3.63, 3.8) is 0 Å². The van der Waals surface area contributed by atoms with Gasteiger partial charge in [-0.2, -0.15) is 0 Å². The standard InChI is InChI=1S/C19H27N5O3S/c1-14-7-5-9-18(21-14)20-12-15-8-6-10-24(15)19(25)17-11-16(13-23(17)4)28(26,27)22(2)3/h5,7,9,11,13,15H,6,8,10,12H2,1-4H3,(H,20,21). The van der Waals surface area contributed by atoms with Crippen molar-refractivity contribution >= 4 is 21.7 Å². The zero-order valence-electron chi connectivity index (χ0n) is 16.7. The summed E-state index contributed by atoms with van der Waals surface area (Å²) >= 11 is 0. The van der Waals surface area contributed by atoms with E-state index < -0.39 is 10.0 Å². The summed E-state index contributed by atoms with van der Waals surface area (Å²) in [5.41, 5.74) is 1.31. The molecular weight excluding hydrogens is 378 g/mol. The maximum atomic E-state index is 13.1. The SMILES string of the molecule is Cc1cccc(NCC2CCCN2C(=O)c2cc(S(=O)(=O)N(C)C)cn2C)n1. The normalized spacial score (nSPS) is 17.3. The number of rotatable bonds is 6. The highest BCUT2D eigenvalue weighted by Gasteiger charge is 2.32. The number of hydrogen-bond acceptors (Lipinski definition) is 5. The molecule has 2 aromatic heterocycles. The van der Waals surface area contributed by atoms with Crippen molar-refractivity contribution in [2.45, 2.75) is 30.7 Å². The molecule has 0 radical (unpaired) electrons. The molecule has 1 atom stereocenters. The quantitative estimate of drug-likeness (QED) is 0.790. The first-order valence-electron chi connectivity index (χ1n) is 9.27. The van der Waals surface area contributed by atoms with Crippen LogP contribution in [-0.4, -0.2) is 66.3 Å². The van der Waals surface area contributed by atoms with Crippen LogP contribution in [0.1, 0.15) is 29.0 Å². The third-order valence-corrected chi connectivity index (χ3v) is 6.80. The van der Waals surface area contributed by atoms with Crippen LogP contribution in [0, 0.1) is 6.92 Å². The number of sulfonamides is 1. The maximum Gasteiger partial charge on any atom is 0.270 e. The van der Waals surface area contributed by atoms with Gasteiger partial charge in [0.1, 0.15) is 16.4 Å². The fourth-order valence-corrected chi connectivity index (χ4v) is 4.40. The third kappa shape index (κ3) is 4.05. The fourth-order valence-electron chi connectivity index (χ4n) is 3.43. The number of carbonyl (C=O) groups is 1. The molecule has 1 aliphatic heterocycles. The van der Waals surface area contributed by atoms with Crippen molar-refractivity contribution in [3.8, 4) is 0 Å². The lowest BCUT2D eigenvalue weighted by Gasteiger charge is -2.25. The molecule has 2 aromatic rings. The van der Waals surface area contributed by atoms with Crippen LogP contribution < -0.4 is 5.32 Å². The zero-order chi connectivity index (χ0) is 20.5. The Morgan fingerprint density at radius 2 is 2.11 bits per heavy atom. The Bertz CT molecular complexity index is 968. The van der Waals surface area contributed by atoms with Crippen LogP contribution in [0.25, 0.3) is 0 Å². The Hall–Kier alpha value is -2.39. The number of nitrogens with one attached hydrogen (secondary N) is 1. The Morgan fingerprint density at radius 1 is 1.36 bits per heavy atom. The molecule has 3 heterocycles. The number of amides is 1. The molecule has 0 spiro atoms. The molecule has 0 saturated carbocycles. The van der Waals surface area contributed by atoms with Crippen molar-refractivity contribution in [3.05, 3.63) is 41.9 Å². The van der Waals surface area contributed by atoms with E-state index in [9.17, 15) is 13.2 Å². The monoisotopic (exact) mass is 405 g/mol. The summed E-state index contributed by atoms with van der Waals surface area (Å²) in [6, 6.07) is 7.29. The van der Waals surface area contributed by atoms with E-state index in [-0.39, 0.29) is 16.8 Å². The second kappa shape index (κ2) is 7.92. The topological polar surface area (TPSA) is 87.5 Å². The molecule has 152 valence electrons. The lowest BCUT2D eigenvalue weighted by atomic mass is 10.2. The number of aromatic nitrogens is 2. The average Bonchev–Trinajstić information content (AvgIpc) is 3.26. The van der Waals surface area contributed by atoms with E-state index in [0.29, 0.717) is 18.8 Å². The number of hydrogen-bond donors (Lipinski definition) is 1. The van der Waals surface area contributed by atoms with E-state index >= 15 is 0 Å². The molecule has 28 heavy (non-hydrogen) atoms. The van der Waals surface area contributed by atoms with E-state index in [2.05, 4.69) is 10.3 Å². The number of anilines is 1. The first-order chi connectivity index (χ1) is 13.2. The van der Waals surface area contributed by atoms with Crippen molar-refractivity contribution in [1.29, 1.82) is 0 Å². The van der Waals surface area contributed by atoms with Gasteiger partial charge in [-0.05, 0) is 38.0 Å². The van der Waals surface area contributed by atoms with Crippen molar-refractivity contribution < 1.29 is 13.2 Å². The number of aryl methyl sites for hydroxylation is 2. The van der Waals surface area contributed by atoms with E-state index in [0.717, 1.165) is 28.7 Å². The molecule has 1 saturated heterocycles. The van der Waals surface area contributed by atoms with Crippen LogP contribution in [0.2, 0.25) is 0 Å². The second-order valence-electron chi connectivity index (χ2n) is 7.30. The first kappa shape index (κ1) is 20.3. The number of pyridine rings is 1. The molecule has 8 nitrogen and oxygen atoms in total. The molecule has 1 unspecified atom stereocenters. The van der Waals surface area contributed by atoms with Crippen LogP contribution in [0.4, 0.5) is 5.82 Å². The van der Waals surface area contributed by atoms with Gasteiger partial charge in [0, 0.05) is 52.2 Å². The lowest BCUT2D eigenvalue weighted by Crippen LogP contribution is -2.40. The van der Waals surface area contributed by atoms with Crippen molar-refractivity contribution in [2.24, 2.45) is 7.05 Å². The number of likely N-dealkylation sites (tertiary alicyclic amines) is 1. The van der Waals surface area contributed by atoms with E-state index in [1.165, 1.54) is 26.4 Å². The molecule has 1 amide bonds. The smallest absolute Gasteiger partial charge is 0.270 e. The predicted octanol–water partition coefficient (Wildman–Crippen LogP) is 1.70. The van der Waals surface area contributed by atoms with Gasteiger partial charge >= 0.3 is 0 Å². The van der Waals surface area contributed by atoms with E-state index in [1.54, 1.807) is 11.6 Å². The second-order valence-corrected chi connectivity index (χ2v) is 9.45. The first-order valence-corrected chi connectivity index (χ1v) is 10.7. The molecule has 0 bridgehead atoms. The van der Waals surface area contributed by atoms with Crippen LogP contribution >= 0.6 is 0 Å². The Kier molecular flexibility index (Phi) is 5.76. The minimum absolute atomic E-state index is 0.0404. The molecule has 1 fully saturated rings. The largest absolute Gasteiger partial charge is 0.368 e. The van der Waals surface area contributed by atoms with E-state index in [4.69, 9.17) is 0 Å². The van der Waals surface area contributed by atoms with Gasteiger partial charge in [-0.1, -0.05) is 6.07 Å². The average molecular weight is 406 g/mol. The van der Waals surface area contributed by atoms with Crippen LogP contribution in [0.15, 0.2) is 35.4 Å². The zero-order valence-corrected chi connectivity index (χ0v) is 17.5. The summed E-state index contributed by atoms with van der Waals surface area (Å²) < 4.78 is 27.5. The minimum Gasteiger partial charge on any atom is -0.368 e. The summed E-state index contributed by atoms with van der Waals surface area (Å²) in [5, 5.41) is 3.31. The lowest BCUT2D eigenvalue weighted by molar-refractivity contribution is 0.0734. The minimum atomic E-state index is -3.58. The maximum absolute atomic E-state index is 13.1. The van der Waals surface area contributed by atoms with Gasteiger partial charge in [0.05, 0.1) is 0 Å². The third-order valence-electron chi connectivity index (χ3n) is 5.02.